The van der Waals surface area contributed by atoms with Gasteiger partial charge in [0.2, 0.25) is 5.91 Å². The Morgan fingerprint density at radius 3 is 2.59 bits per heavy atom. The number of halogens is 1. The summed E-state index contributed by atoms with van der Waals surface area (Å²) in [5, 5.41) is 0. The van der Waals surface area contributed by atoms with Gasteiger partial charge >= 0.3 is 0 Å². The molecule has 0 bridgehead atoms. The first kappa shape index (κ1) is 18.8. The van der Waals surface area contributed by atoms with E-state index in [1.165, 1.54) is 12.3 Å². The molecule has 0 fully saturated rings. The highest BCUT2D eigenvalue weighted by atomic mass is 19.1. The molecule has 0 aliphatic heterocycles. The summed E-state index contributed by atoms with van der Waals surface area (Å²) in [4.78, 5) is 18.8. The zero-order valence-corrected chi connectivity index (χ0v) is 15.4. The molecule has 0 atom stereocenters. The van der Waals surface area contributed by atoms with Crippen LogP contribution in [0, 0.1) is 5.82 Å². The van der Waals surface area contributed by atoms with Crippen molar-refractivity contribution in [3.8, 4) is 11.3 Å². The van der Waals surface area contributed by atoms with Crippen molar-refractivity contribution in [1.29, 1.82) is 0 Å². The minimum Gasteiger partial charge on any atom is -0.441 e. The third kappa shape index (κ3) is 4.82. The first-order chi connectivity index (χ1) is 13.2. The lowest BCUT2D eigenvalue weighted by Gasteiger charge is -2.22. The highest BCUT2D eigenvalue weighted by Crippen LogP contribution is 2.24. The summed E-state index contributed by atoms with van der Waals surface area (Å²) in [5.74, 6) is 0.484. The van der Waals surface area contributed by atoms with Crippen molar-refractivity contribution in [1.82, 2.24) is 4.98 Å². The lowest BCUT2D eigenvalue weighted by Crippen LogP contribution is -2.32. The lowest BCUT2D eigenvalue weighted by atomic mass is 10.2. The van der Waals surface area contributed by atoms with Crippen LogP contribution in [0.1, 0.15) is 32.1 Å². The number of anilines is 1. The lowest BCUT2D eigenvalue weighted by molar-refractivity contribution is -0.118. The summed E-state index contributed by atoms with van der Waals surface area (Å²) in [6, 6.07) is 16.1. The number of nitrogens with zero attached hydrogens (tertiary/aromatic N) is 2. The fraction of sp³-hybridized carbons (Fsp3) is 0.273. The van der Waals surface area contributed by atoms with Gasteiger partial charge in [-0.25, -0.2) is 9.37 Å². The zero-order chi connectivity index (χ0) is 19.1. The molecular weight excluding hydrogens is 343 g/mol. The largest absolute Gasteiger partial charge is 0.441 e. The number of para-hydroxylation sites is 1. The molecular formula is C22H23FN2O2. The third-order valence-electron chi connectivity index (χ3n) is 4.35. The normalized spacial score (nSPS) is 10.7. The van der Waals surface area contributed by atoms with E-state index in [0.29, 0.717) is 30.2 Å². The van der Waals surface area contributed by atoms with Gasteiger partial charge in [-0.3, -0.25) is 4.79 Å². The molecule has 1 amide bonds. The molecule has 1 heterocycles. The smallest absolute Gasteiger partial charge is 0.227 e. The van der Waals surface area contributed by atoms with E-state index in [0.717, 1.165) is 18.5 Å². The Balaban J connectivity index is 1.66. The quantitative estimate of drug-likeness (QED) is 0.547. The molecule has 27 heavy (non-hydrogen) atoms. The van der Waals surface area contributed by atoms with E-state index in [2.05, 4.69) is 11.9 Å². The molecule has 3 aromatic rings. The van der Waals surface area contributed by atoms with Gasteiger partial charge in [-0.05, 0) is 30.7 Å². The average molecular weight is 366 g/mol. The van der Waals surface area contributed by atoms with Crippen molar-refractivity contribution in [2.75, 3.05) is 11.4 Å². The van der Waals surface area contributed by atoms with E-state index in [1.54, 1.807) is 18.2 Å². The highest BCUT2D eigenvalue weighted by molar-refractivity contribution is 5.93. The molecule has 140 valence electrons. The number of rotatable bonds is 8. The van der Waals surface area contributed by atoms with Gasteiger partial charge in [-0.1, -0.05) is 43.7 Å². The Morgan fingerprint density at radius 2 is 1.85 bits per heavy atom. The average Bonchev–Trinajstić information content (AvgIpc) is 3.16. The van der Waals surface area contributed by atoms with Gasteiger partial charge in [0, 0.05) is 25.1 Å². The first-order valence-corrected chi connectivity index (χ1v) is 9.24. The second-order valence-corrected chi connectivity index (χ2v) is 6.33. The van der Waals surface area contributed by atoms with Crippen LogP contribution in [0.3, 0.4) is 0 Å². The molecule has 3 rings (SSSR count). The number of carbonyl (C=O) groups is 1. The minimum absolute atomic E-state index is 0.0280. The molecule has 1 aromatic heterocycles. The number of benzene rings is 2. The van der Waals surface area contributed by atoms with Crippen LogP contribution in [0.4, 0.5) is 10.1 Å². The number of oxazole rings is 1. The van der Waals surface area contributed by atoms with Crippen LogP contribution in [0.15, 0.2) is 65.2 Å². The fourth-order valence-corrected chi connectivity index (χ4v) is 2.88. The summed E-state index contributed by atoms with van der Waals surface area (Å²) in [7, 11) is 0. The maximum atomic E-state index is 13.9. The Labute approximate surface area is 158 Å². The second-order valence-electron chi connectivity index (χ2n) is 6.33. The Hall–Kier alpha value is -2.95. The summed E-state index contributed by atoms with van der Waals surface area (Å²) >= 11 is 0. The Morgan fingerprint density at radius 1 is 1.11 bits per heavy atom. The summed E-state index contributed by atoms with van der Waals surface area (Å²) in [6.45, 7) is 2.79. The van der Waals surface area contributed by atoms with Gasteiger partial charge in [-0.2, -0.15) is 0 Å². The van der Waals surface area contributed by atoms with Gasteiger partial charge in [-0.15, -0.1) is 0 Å². The molecule has 0 N–H and O–H groups in total. The number of unbranched alkanes of at least 4 members (excludes halogenated alkanes) is 1. The van der Waals surface area contributed by atoms with E-state index in [-0.39, 0.29) is 18.1 Å². The van der Waals surface area contributed by atoms with Crippen LogP contribution in [0.5, 0.6) is 0 Å². The van der Waals surface area contributed by atoms with E-state index in [1.807, 2.05) is 35.2 Å². The molecule has 0 unspecified atom stereocenters. The van der Waals surface area contributed by atoms with E-state index in [4.69, 9.17) is 4.42 Å². The number of carbonyl (C=O) groups excluding carboxylic acids is 1. The van der Waals surface area contributed by atoms with Crippen LogP contribution in [0.2, 0.25) is 0 Å². The van der Waals surface area contributed by atoms with Crippen molar-refractivity contribution in [3.63, 3.8) is 0 Å². The highest BCUT2D eigenvalue weighted by Gasteiger charge is 2.17. The number of amides is 1. The first-order valence-electron chi connectivity index (χ1n) is 9.24. The maximum Gasteiger partial charge on any atom is 0.227 e. The molecule has 0 spiro atoms. The molecule has 0 saturated heterocycles. The van der Waals surface area contributed by atoms with Crippen LogP contribution in [-0.4, -0.2) is 17.4 Å². The van der Waals surface area contributed by atoms with E-state index >= 15 is 0 Å². The molecule has 0 saturated carbocycles. The van der Waals surface area contributed by atoms with Gasteiger partial charge in [0.05, 0.1) is 11.8 Å². The summed E-state index contributed by atoms with van der Waals surface area (Å²) in [6.07, 6.45) is 4.13. The summed E-state index contributed by atoms with van der Waals surface area (Å²) in [5.41, 5.74) is 1.27. The van der Waals surface area contributed by atoms with E-state index < -0.39 is 0 Å². The molecule has 4 nitrogen and oxygen atoms in total. The summed E-state index contributed by atoms with van der Waals surface area (Å²) < 4.78 is 19.5. The maximum absolute atomic E-state index is 13.9. The van der Waals surface area contributed by atoms with Gasteiger partial charge < -0.3 is 9.32 Å². The molecule has 5 heteroatoms. The van der Waals surface area contributed by atoms with Gasteiger partial charge in [0.25, 0.3) is 0 Å². The minimum atomic E-state index is -0.355. The number of hydrogen-bond donors (Lipinski definition) is 0. The molecule has 0 aliphatic rings. The van der Waals surface area contributed by atoms with Gasteiger partial charge in [0.15, 0.2) is 11.7 Å². The second kappa shape index (κ2) is 9.12. The van der Waals surface area contributed by atoms with Crippen LogP contribution in [0.25, 0.3) is 11.3 Å². The number of hydrogen-bond acceptors (Lipinski definition) is 3. The standard InChI is InChI=1S/C22H23FN2O2/c1-2-3-15-25(17-9-5-4-6-10-17)22(26)14-13-21-24-16-20(27-21)18-11-7-8-12-19(18)23/h4-12,16H,2-3,13-15H2,1H3. The molecule has 0 radical (unpaired) electrons. The van der Waals surface area contributed by atoms with Crippen molar-refractivity contribution in [3.05, 3.63) is 72.5 Å². The van der Waals surface area contributed by atoms with Crippen molar-refractivity contribution >= 4 is 11.6 Å². The molecule has 0 aliphatic carbocycles. The fourth-order valence-electron chi connectivity index (χ4n) is 2.88. The van der Waals surface area contributed by atoms with Crippen LogP contribution >= 0.6 is 0 Å². The predicted molar refractivity (Wildman–Crippen MR) is 104 cm³/mol. The third-order valence-corrected chi connectivity index (χ3v) is 4.35. The van der Waals surface area contributed by atoms with Crippen molar-refractivity contribution in [2.45, 2.75) is 32.6 Å². The van der Waals surface area contributed by atoms with Crippen molar-refractivity contribution < 1.29 is 13.6 Å². The van der Waals surface area contributed by atoms with Crippen LogP contribution < -0.4 is 4.90 Å². The van der Waals surface area contributed by atoms with Gasteiger partial charge in [0.1, 0.15) is 5.82 Å². The number of aryl methyl sites for hydroxylation is 1. The SMILES string of the molecule is CCCCN(C(=O)CCc1ncc(-c2ccccc2F)o1)c1ccccc1. The van der Waals surface area contributed by atoms with E-state index in [9.17, 15) is 9.18 Å². The predicted octanol–water partition coefficient (Wildman–Crippen LogP) is 5.25. The topological polar surface area (TPSA) is 46.3 Å². The zero-order valence-electron chi connectivity index (χ0n) is 15.4. The Bertz CT molecular complexity index is 877. The monoisotopic (exact) mass is 366 g/mol. The Kier molecular flexibility index (Phi) is 6.36. The van der Waals surface area contributed by atoms with Crippen molar-refractivity contribution in [2.24, 2.45) is 0 Å². The number of aromatic nitrogens is 1. The molecule has 2 aromatic carbocycles. The van der Waals surface area contributed by atoms with Crippen LogP contribution in [-0.2, 0) is 11.2 Å².